The third-order valence-electron chi connectivity index (χ3n) is 4.86. The van der Waals surface area contributed by atoms with Crippen molar-refractivity contribution in [3.63, 3.8) is 0 Å². The normalized spacial score (nSPS) is 17.9. The summed E-state index contributed by atoms with van der Waals surface area (Å²) in [5.74, 6) is -2.57. The highest BCUT2D eigenvalue weighted by molar-refractivity contribution is 5.92. The van der Waals surface area contributed by atoms with Gasteiger partial charge in [0.15, 0.2) is 18.1 Å². The molecule has 2 atom stereocenters. The van der Waals surface area contributed by atoms with Crippen molar-refractivity contribution in [2.45, 2.75) is 45.9 Å². The third kappa shape index (κ3) is 6.22. The van der Waals surface area contributed by atoms with E-state index >= 15 is 0 Å². The van der Waals surface area contributed by atoms with Gasteiger partial charge in [0, 0.05) is 31.7 Å². The Labute approximate surface area is 183 Å². The molecule has 1 fully saturated rings. The third-order valence-corrected chi connectivity index (χ3v) is 4.86. The second-order valence-electron chi connectivity index (χ2n) is 6.82. The summed E-state index contributed by atoms with van der Waals surface area (Å²) in [4.78, 5) is 62.6. The fraction of sp³-hybridized carbons (Fsp3) is 0.550. The lowest BCUT2D eigenvalue weighted by molar-refractivity contribution is -0.143. The van der Waals surface area contributed by atoms with Gasteiger partial charge in [-0.2, -0.15) is 0 Å². The number of ether oxygens (including phenoxy) is 3. The summed E-state index contributed by atoms with van der Waals surface area (Å²) in [5, 5.41) is 0. The van der Waals surface area contributed by atoms with E-state index in [9.17, 15) is 24.0 Å². The van der Waals surface area contributed by atoms with Gasteiger partial charge in [-0.1, -0.05) is 0 Å². The molecule has 12 heteroatoms. The molecular weight excluding hydrogens is 428 g/mol. The van der Waals surface area contributed by atoms with Crippen molar-refractivity contribution in [3.05, 3.63) is 34.3 Å². The number of methoxy groups -OCH3 is 1. The lowest BCUT2D eigenvalue weighted by Crippen LogP contribution is -2.47. The van der Waals surface area contributed by atoms with Crippen LogP contribution in [0.3, 0.4) is 0 Å². The number of hydrogen-bond acceptors (Lipinski definition) is 10. The highest BCUT2D eigenvalue weighted by Crippen LogP contribution is 2.24. The van der Waals surface area contributed by atoms with Gasteiger partial charge in [0.25, 0.3) is 0 Å². The van der Waals surface area contributed by atoms with Gasteiger partial charge in [-0.15, -0.1) is 0 Å². The zero-order chi connectivity index (χ0) is 23.8. The number of carbonyl (C=O) groups is 4. The molecule has 1 aromatic heterocycles. The van der Waals surface area contributed by atoms with Gasteiger partial charge in [0.2, 0.25) is 5.91 Å². The number of nitrogens with zero attached hydrogens (tertiary/aromatic N) is 2. The number of aryl methyl sites for hydroxylation is 1. The van der Waals surface area contributed by atoms with E-state index in [0.29, 0.717) is 13.1 Å². The number of likely N-dealkylation sites (tertiary alicyclic amines) is 1. The van der Waals surface area contributed by atoms with E-state index in [1.165, 1.54) is 6.92 Å². The van der Waals surface area contributed by atoms with Gasteiger partial charge >= 0.3 is 23.9 Å². The van der Waals surface area contributed by atoms with E-state index in [2.05, 4.69) is 4.74 Å². The van der Waals surface area contributed by atoms with E-state index in [0.717, 1.165) is 24.2 Å². The molecule has 0 radical (unpaired) electrons. The first-order valence-corrected chi connectivity index (χ1v) is 9.98. The number of amides is 2. The van der Waals surface area contributed by atoms with Crippen molar-refractivity contribution < 1.29 is 42.2 Å². The second-order valence-corrected chi connectivity index (χ2v) is 6.82. The molecule has 2 rings (SSSR count). The average molecular weight is 454 g/mol. The summed E-state index contributed by atoms with van der Waals surface area (Å²) >= 11 is 0. The predicted molar refractivity (Wildman–Crippen MR) is 106 cm³/mol. The quantitative estimate of drug-likeness (QED) is 0.313. The van der Waals surface area contributed by atoms with Crippen molar-refractivity contribution in [1.82, 2.24) is 9.80 Å². The average Bonchev–Trinajstić information content (AvgIpc) is 3.33. The smallest absolute Gasteiger partial charge is 0.466 e. The van der Waals surface area contributed by atoms with Crippen molar-refractivity contribution in [1.29, 1.82) is 0 Å². The Kier molecular flexibility index (Phi) is 8.62. The molecule has 32 heavy (non-hydrogen) atoms. The van der Waals surface area contributed by atoms with Gasteiger partial charge in [0.05, 0.1) is 13.7 Å². The van der Waals surface area contributed by atoms with E-state index in [4.69, 9.17) is 18.3 Å². The molecule has 12 nitrogen and oxygen atoms in total. The molecule has 1 saturated heterocycles. The molecule has 2 heterocycles. The molecule has 176 valence electrons. The van der Waals surface area contributed by atoms with Crippen LogP contribution in [0.2, 0.25) is 0 Å². The van der Waals surface area contributed by atoms with Gasteiger partial charge in [-0.05, 0) is 20.8 Å². The zero-order valence-electron chi connectivity index (χ0n) is 18.3. The van der Waals surface area contributed by atoms with Gasteiger partial charge < -0.3 is 27.9 Å². The minimum atomic E-state index is -0.920. The summed E-state index contributed by atoms with van der Waals surface area (Å²) in [5.41, 5.74) is 0. The molecule has 0 bridgehead atoms. The SMILES string of the molecule is CCN(CC)C(=O)[C@@H]1C[C@@H](OC(=O)/C=C/C(=O)OC)CN1C(=O)OCc1oc(=O)oc1C. The largest absolute Gasteiger partial charge is 0.519 e. The summed E-state index contributed by atoms with van der Waals surface area (Å²) in [6, 6.07) is -0.915. The van der Waals surface area contributed by atoms with Crippen LogP contribution in [-0.2, 0) is 35.2 Å². The Balaban J connectivity index is 2.11. The van der Waals surface area contributed by atoms with Crippen LogP contribution in [0.1, 0.15) is 31.8 Å². The Hall–Kier alpha value is -3.57. The molecule has 1 aliphatic rings. The summed E-state index contributed by atoms with van der Waals surface area (Å²) in [7, 11) is 1.16. The molecule has 0 N–H and O–H groups in total. The lowest BCUT2D eigenvalue weighted by Gasteiger charge is -2.27. The molecule has 1 aromatic rings. The van der Waals surface area contributed by atoms with Gasteiger partial charge in [0.1, 0.15) is 12.1 Å². The van der Waals surface area contributed by atoms with E-state index in [-0.39, 0.29) is 37.0 Å². The Morgan fingerprint density at radius 1 is 1.12 bits per heavy atom. The maximum absolute atomic E-state index is 12.9. The Morgan fingerprint density at radius 2 is 1.78 bits per heavy atom. The van der Waals surface area contributed by atoms with E-state index < -0.39 is 36.0 Å². The molecule has 0 spiro atoms. The second kappa shape index (κ2) is 11.2. The number of hydrogen-bond donors (Lipinski definition) is 0. The topological polar surface area (TPSA) is 146 Å². The number of carbonyl (C=O) groups excluding carboxylic acids is 4. The first-order chi connectivity index (χ1) is 15.2. The van der Waals surface area contributed by atoms with Crippen LogP contribution in [0.25, 0.3) is 0 Å². The number of likely N-dealkylation sites (N-methyl/N-ethyl adjacent to an activating group) is 1. The predicted octanol–water partition coefficient (Wildman–Crippen LogP) is 0.762. The highest BCUT2D eigenvalue weighted by Gasteiger charge is 2.43. The maximum atomic E-state index is 12.9. The molecule has 0 aliphatic carbocycles. The van der Waals surface area contributed by atoms with E-state index in [1.54, 1.807) is 18.7 Å². The molecule has 2 amide bonds. The summed E-state index contributed by atoms with van der Waals surface area (Å²) < 4.78 is 24.4. The zero-order valence-corrected chi connectivity index (χ0v) is 18.3. The number of esters is 2. The highest BCUT2D eigenvalue weighted by atomic mass is 16.6. The van der Waals surface area contributed by atoms with Crippen molar-refractivity contribution in [2.24, 2.45) is 0 Å². The van der Waals surface area contributed by atoms with E-state index in [1.807, 2.05) is 0 Å². The minimum Gasteiger partial charge on any atom is -0.466 e. The molecular formula is C20H26N2O10. The maximum Gasteiger partial charge on any atom is 0.519 e. The van der Waals surface area contributed by atoms with Crippen LogP contribution in [-0.4, -0.2) is 72.6 Å². The van der Waals surface area contributed by atoms with Crippen LogP contribution in [0, 0.1) is 6.92 Å². The summed E-state index contributed by atoms with van der Waals surface area (Å²) in [6.45, 7) is 5.48. The van der Waals surface area contributed by atoms with Crippen molar-refractivity contribution in [2.75, 3.05) is 26.7 Å². The van der Waals surface area contributed by atoms with Crippen molar-refractivity contribution in [3.8, 4) is 0 Å². The van der Waals surface area contributed by atoms with Crippen LogP contribution in [0.4, 0.5) is 4.79 Å². The van der Waals surface area contributed by atoms with Crippen LogP contribution >= 0.6 is 0 Å². The van der Waals surface area contributed by atoms with Crippen LogP contribution in [0.15, 0.2) is 25.8 Å². The van der Waals surface area contributed by atoms with Gasteiger partial charge in [-0.25, -0.2) is 19.2 Å². The standard InChI is InChI=1S/C20H26N2O10/c1-5-21(6-2)18(25)14-9-13(31-17(24)8-7-16(23)28-4)10-22(14)19(26)29-11-15-12(3)30-20(27)32-15/h7-8,13-14H,5-6,9-11H2,1-4H3/b8-7+/t13-,14+/m1/s1. The fourth-order valence-corrected chi connectivity index (χ4v) is 3.19. The first-order valence-electron chi connectivity index (χ1n) is 9.98. The minimum absolute atomic E-state index is 0.0464. The summed E-state index contributed by atoms with van der Waals surface area (Å²) in [6.07, 6.45) is 0.223. The molecule has 0 unspecified atom stereocenters. The lowest BCUT2D eigenvalue weighted by atomic mass is 10.1. The molecule has 0 saturated carbocycles. The first kappa shape index (κ1) is 24.7. The van der Waals surface area contributed by atoms with Crippen LogP contribution < -0.4 is 5.82 Å². The fourth-order valence-electron chi connectivity index (χ4n) is 3.19. The Bertz CT molecular complexity index is 927. The van der Waals surface area contributed by atoms with Crippen LogP contribution in [0.5, 0.6) is 0 Å². The molecule has 0 aromatic carbocycles. The Morgan fingerprint density at radius 3 is 2.34 bits per heavy atom. The monoisotopic (exact) mass is 454 g/mol. The van der Waals surface area contributed by atoms with Gasteiger partial charge in [-0.3, -0.25) is 9.69 Å². The van der Waals surface area contributed by atoms with Crippen molar-refractivity contribution >= 4 is 23.9 Å². The number of rotatable bonds is 8. The molecule has 1 aliphatic heterocycles.